The van der Waals surface area contributed by atoms with E-state index in [4.69, 9.17) is 4.74 Å². The molecule has 0 amide bonds. The fourth-order valence-corrected chi connectivity index (χ4v) is 6.10. The van der Waals surface area contributed by atoms with E-state index in [9.17, 15) is 13.0 Å². The van der Waals surface area contributed by atoms with Gasteiger partial charge in [0.2, 0.25) is 0 Å². The first-order valence-electron chi connectivity index (χ1n) is 11.9. The molecule has 2 aromatic carbocycles. The summed E-state index contributed by atoms with van der Waals surface area (Å²) in [5, 5.41) is 3.67. The number of hydrogen-bond acceptors (Lipinski definition) is 4. The van der Waals surface area contributed by atoms with E-state index in [0.717, 1.165) is 46.9 Å². The summed E-state index contributed by atoms with van der Waals surface area (Å²) in [5.74, 6) is 0.338. The third-order valence-electron chi connectivity index (χ3n) is 6.86. The molecular formula is C28H29NO4S. The van der Waals surface area contributed by atoms with E-state index in [1.165, 1.54) is 16.2 Å². The van der Waals surface area contributed by atoms with Gasteiger partial charge in [-0.3, -0.25) is 9.54 Å². The maximum Gasteiger partial charge on any atom is 0.268 e. The monoisotopic (exact) mass is 475 g/mol. The van der Waals surface area contributed by atoms with Crippen molar-refractivity contribution >= 4 is 33.0 Å². The third-order valence-corrected chi connectivity index (χ3v) is 8.14. The molecule has 0 saturated heterocycles. The quantitative estimate of drug-likeness (QED) is 0.416. The fourth-order valence-electron chi connectivity index (χ4n) is 5.09. The minimum atomic E-state index is -4.24. The Morgan fingerprint density at radius 3 is 2.68 bits per heavy atom. The Morgan fingerprint density at radius 2 is 1.88 bits per heavy atom. The molecule has 0 aliphatic heterocycles. The zero-order chi connectivity index (χ0) is 23.7. The van der Waals surface area contributed by atoms with E-state index in [-0.39, 0.29) is 6.42 Å². The number of allylic oxidation sites excluding steroid dienone is 2. The molecule has 0 spiro atoms. The van der Waals surface area contributed by atoms with Crippen molar-refractivity contribution < 1.29 is 17.7 Å². The Morgan fingerprint density at radius 1 is 1.09 bits per heavy atom. The van der Waals surface area contributed by atoms with Gasteiger partial charge in [-0.15, -0.1) is 0 Å². The van der Waals surface area contributed by atoms with E-state index >= 15 is 0 Å². The van der Waals surface area contributed by atoms with Gasteiger partial charge in [0.1, 0.15) is 5.75 Å². The van der Waals surface area contributed by atoms with Crippen molar-refractivity contribution in [1.82, 2.24) is 4.98 Å². The fraction of sp³-hybridized carbons (Fsp3) is 0.321. The number of hydrogen-bond donors (Lipinski definition) is 1. The molecular weight excluding hydrogens is 446 g/mol. The van der Waals surface area contributed by atoms with Crippen LogP contribution in [0, 0.1) is 5.92 Å². The number of fused-ring (bicyclic) bond motifs is 5. The van der Waals surface area contributed by atoms with Crippen LogP contribution in [0.3, 0.4) is 0 Å². The van der Waals surface area contributed by atoms with Gasteiger partial charge in [0.05, 0.1) is 11.9 Å². The molecule has 2 aliphatic carbocycles. The SMILES string of the molecule is CCCCOc1ccnc(CC2C=c3c(ccc4c5c(ccc34)CC=CC=5)CC2S(=O)(=O)O)c1. The van der Waals surface area contributed by atoms with E-state index < -0.39 is 21.3 Å². The van der Waals surface area contributed by atoms with Crippen molar-refractivity contribution in [3.05, 3.63) is 82.0 Å². The molecule has 1 N–H and O–H groups in total. The van der Waals surface area contributed by atoms with Crippen molar-refractivity contribution in [1.29, 1.82) is 0 Å². The molecule has 176 valence electrons. The molecule has 1 aromatic heterocycles. The van der Waals surface area contributed by atoms with E-state index in [1.807, 2.05) is 24.3 Å². The summed E-state index contributed by atoms with van der Waals surface area (Å²) in [6.07, 6.45) is 13.7. The summed E-state index contributed by atoms with van der Waals surface area (Å²) < 4.78 is 40.6. The molecule has 1 heterocycles. The first-order chi connectivity index (χ1) is 16.4. The second-order valence-electron chi connectivity index (χ2n) is 9.15. The van der Waals surface area contributed by atoms with Gasteiger partial charge in [-0.05, 0) is 64.1 Å². The van der Waals surface area contributed by atoms with E-state index in [0.29, 0.717) is 13.0 Å². The van der Waals surface area contributed by atoms with Crippen LogP contribution in [0.25, 0.3) is 22.9 Å². The number of rotatable bonds is 7. The molecule has 0 bridgehead atoms. The molecule has 0 saturated carbocycles. The second kappa shape index (κ2) is 9.35. The molecule has 5 rings (SSSR count). The summed E-state index contributed by atoms with van der Waals surface area (Å²) in [6.45, 7) is 2.75. The highest BCUT2D eigenvalue weighted by molar-refractivity contribution is 7.86. The average Bonchev–Trinajstić information content (AvgIpc) is 2.83. The number of unbranched alkanes of at least 4 members (excludes halogenated alkanes) is 1. The summed E-state index contributed by atoms with van der Waals surface area (Å²) in [4.78, 5) is 4.47. The van der Waals surface area contributed by atoms with Gasteiger partial charge in [0.25, 0.3) is 10.1 Å². The summed E-state index contributed by atoms with van der Waals surface area (Å²) in [5.41, 5.74) is 2.99. The third kappa shape index (κ3) is 4.52. The zero-order valence-electron chi connectivity index (χ0n) is 19.3. The summed E-state index contributed by atoms with van der Waals surface area (Å²) in [7, 11) is -4.24. The largest absolute Gasteiger partial charge is 0.493 e. The Labute approximate surface area is 200 Å². The van der Waals surface area contributed by atoms with Crippen LogP contribution in [0.15, 0.2) is 54.7 Å². The standard InChI is InChI=1S/C28H29NO4S/c1-2-3-14-33-23-12-13-29-22(18-23)15-21-16-27-20(17-28(21)34(30,31)32)9-11-25-24-7-5-4-6-19(24)8-10-26(25)27/h4-5,7-13,16,18,21,28H,2-3,6,14-15,17H2,1H3,(H,30,31,32). The minimum absolute atomic E-state index is 0.276. The molecule has 0 radical (unpaired) electrons. The van der Waals surface area contributed by atoms with Gasteiger partial charge in [0.15, 0.2) is 0 Å². The number of aromatic nitrogens is 1. The lowest BCUT2D eigenvalue weighted by Crippen LogP contribution is -2.38. The average molecular weight is 476 g/mol. The predicted molar refractivity (Wildman–Crippen MR) is 136 cm³/mol. The van der Waals surface area contributed by atoms with Crippen LogP contribution in [0.4, 0.5) is 0 Å². The Hall–Kier alpha value is -2.96. The number of nitrogens with zero attached hydrogens (tertiary/aromatic N) is 1. The molecule has 2 atom stereocenters. The number of benzene rings is 2. The van der Waals surface area contributed by atoms with Gasteiger partial charge in [-0.25, -0.2) is 0 Å². The topological polar surface area (TPSA) is 76.5 Å². The van der Waals surface area contributed by atoms with Crippen molar-refractivity contribution in [3.8, 4) is 5.75 Å². The van der Waals surface area contributed by atoms with Crippen LogP contribution in [0.5, 0.6) is 5.75 Å². The maximum atomic E-state index is 12.4. The predicted octanol–water partition coefficient (Wildman–Crippen LogP) is 3.76. The van der Waals surface area contributed by atoms with E-state index in [1.54, 1.807) is 6.20 Å². The molecule has 2 unspecified atom stereocenters. The number of ether oxygens (including phenoxy) is 1. The maximum absolute atomic E-state index is 12.4. The number of pyridine rings is 1. The van der Waals surface area contributed by atoms with Crippen molar-refractivity contribution in [2.75, 3.05) is 6.61 Å². The first kappa shape index (κ1) is 22.8. The molecule has 34 heavy (non-hydrogen) atoms. The highest BCUT2D eigenvalue weighted by Gasteiger charge is 2.34. The van der Waals surface area contributed by atoms with Gasteiger partial charge >= 0.3 is 0 Å². The van der Waals surface area contributed by atoms with Gasteiger partial charge in [-0.1, -0.05) is 61.9 Å². The Balaban J connectivity index is 1.58. The molecule has 2 aliphatic rings. The van der Waals surface area contributed by atoms with Crippen LogP contribution in [0.1, 0.15) is 36.6 Å². The van der Waals surface area contributed by atoms with Crippen molar-refractivity contribution in [2.24, 2.45) is 5.92 Å². The van der Waals surface area contributed by atoms with Crippen LogP contribution in [-0.2, 0) is 29.4 Å². The lowest BCUT2D eigenvalue weighted by Gasteiger charge is -2.27. The Kier molecular flexibility index (Phi) is 6.28. The van der Waals surface area contributed by atoms with Crippen LogP contribution < -0.4 is 15.2 Å². The molecule has 0 fully saturated rings. The highest BCUT2D eigenvalue weighted by Crippen LogP contribution is 2.27. The molecule has 3 aromatic rings. The first-order valence-corrected chi connectivity index (χ1v) is 13.4. The lowest BCUT2D eigenvalue weighted by atomic mass is 9.85. The van der Waals surface area contributed by atoms with Crippen LogP contribution in [-0.4, -0.2) is 29.8 Å². The van der Waals surface area contributed by atoms with Gasteiger partial charge in [-0.2, -0.15) is 8.42 Å². The van der Waals surface area contributed by atoms with Crippen LogP contribution in [0.2, 0.25) is 0 Å². The molecule has 5 nitrogen and oxygen atoms in total. The smallest absolute Gasteiger partial charge is 0.268 e. The van der Waals surface area contributed by atoms with E-state index in [2.05, 4.69) is 48.3 Å². The van der Waals surface area contributed by atoms with Gasteiger partial charge in [0, 0.05) is 23.9 Å². The highest BCUT2D eigenvalue weighted by atomic mass is 32.2. The zero-order valence-corrected chi connectivity index (χ0v) is 20.1. The summed E-state index contributed by atoms with van der Waals surface area (Å²) >= 11 is 0. The van der Waals surface area contributed by atoms with Crippen molar-refractivity contribution in [2.45, 2.75) is 44.3 Å². The Bertz CT molecular complexity index is 1490. The minimum Gasteiger partial charge on any atom is -0.493 e. The van der Waals surface area contributed by atoms with Gasteiger partial charge < -0.3 is 4.74 Å². The van der Waals surface area contributed by atoms with Crippen LogP contribution >= 0.6 is 0 Å². The molecule has 6 heteroatoms. The normalized spacial score (nSPS) is 19.1. The lowest BCUT2D eigenvalue weighted by molar-refractivity contribution is 0.308. The second-order valence-corrected chi connectivity index (χ2v) is 10.8. The summed E-state index contributed by atoms with van der Waals surface area (Å²) in [6, 6.07) is 12.1. The van der Waals surface area contributed by atoms with Crippen molar-refractivity contribution in [3.63, 3.8) is 0 Å².